The first-order valence-electron chi connectivity index (χ1n) is 5.67. The maximum absolute atomic E-state index is 4.26. The Balaban J connectivity index is 2.68. The van der Waals surface area contributed by atoms with Crippen LogP contribution in [0.5, 0.6) is 0 Å². The molecule has 15 heavy (non-hydrogen) atoms. The van der Waals surface area contributed by atoms with Gasteiger partial charge in [0.2, 0.25) is 0 Å². The molecule has 2 heteroatoms. The van der Waals surface area contributed by atoms with E-state index >= 15 is 0 Å². The van der Waals surface area contributed by atoms with Gasteiger partial charge in [-0.3, -0.25) is 0 Å². The Bertz CT molecular complexity index is 316. The van der Waals surface area contributed by atoms with E-state index < -0.39 is 0 Å². The van der Waals surface area contributed by atoms with Crippen LogP contribution in [0.4, 0.5) is 0 Å². The molecular weight excluding hydrogens is 184 g/mol. The second-order valence-electron chi connectivity index (χ2n) is 6.50. The predicted molar refractivity (Wildman–Crippen MR) is 64.8 cm³/mol. The van der Waals surface area contributed by atoms with Crippen LogP contribution in [0.25, 0.3) is 0 Å². The van der Waals surface area contributed by atoms with E-state index in [0.717, 1.165) is 12.4 Å². The molecule has 1 heterocycles. The van der Waals surface area contributed by atoms with Crippen molar-refractivity contribution in [3.8, 4) is 0 Å². The Morgan fingerprint density at radius 3 is 2.20 bits per heavy atom. The molecule has 0 saturated heterocycles. The van der Waals surface area contributed by atoms with Crippen LogP contribution in [0.1, 0.15) is 46.9 Å². The molecule has 0 bridgehead atoms. The molecule has 0 aliphatic carbocycles. The van der Waals surface area contributed by atoms with Gasteiger partial charge >= 0.3 is 0 Å². The van der Waals surface area contributed by atoms with E-state index in [4.69, 9.17) is 0 Å². The van der Waals surface area contributed by atoms with E-state index in [0.29, 0.717) is 10.8 Å². The highest BCUT2D eigenvalue weighted by atomic mass is 15.1. The molecular formula is C13H24N2. The molecule has 1 aromatic rings. The summed E-state index contributed by atoms with van der Waals surface area (Å²) < 4.78 is 2.24. The van der Waals surface area contributed by atoms with Crippen LogP contribution >= 0.6 is 0 Å². The van der Waals surface area contributed by atoms with Gasteiger partial charge in [-0.1, -0.05) is 34.6 Å². The molecule has 0 atom stereocenters. The fourth-order valence-electron chi connectivity index (χ4n) is 2.52. The summed E-state index contributed by atoms with van der Waals surface area (Å²) in [5.41, 5.74) is 0.710. The van der Waals surface area contributed by atoms with Crippen molar-refractivity contribution in [3.63, 3.8) is 0 Å². The van der Waals surface area contributed by atoms with Gasteiger partial charge in [0, 0.05) is 18.9 Å². The molecule has 1 aromatic heterocycles. The van der Waals surface area contributed by atoms with Crippen LogP contribution in [-0.4, -0.2) is 9.55 Å². The number of hydrogen-bond donors (Lipinski definition) is 0. The number of aromatic nitrogens is 2. The molecule has 0 unspecified atom stereocenters. The predicted octanol–water partition coefficient (Wildman–Crippen LogP) is 3.65. The van der Waals surface area contributed by atoms with Crippen LogP contribution in [0.2, 0.25) is 0 Å². The maximum Gasteiger partial charge on any atom is 0.105 e. The lowest BCUT2D eigenvalue weighted by atomic mass is 9.76. The zero-order valence-electron chi connectivity index (χ0n) is 11.0. The summed E-state index contributed by atoms with van der Waals surface area (Å²) >= 11 is 0. The summed E-state index contributed by atoms with van der Waals surface area (Å²) in [6.07, 6.45) is 5.17. The molecule has 0 saturated carbocycles. The minimum Gasteiger partial charge on any atom is -0.335 e. The van der Waals surface area contributed by atoms with Gasteiger partial charge < -0.3 is 4.57 Å². The average Bonchev–Trinajstić information content (AvgIpc) is 2.29. The lowest BCUT2D eigenvalue weighted by Crippen LogP contribution is -2.26. The fourth-order valence-corrected chi connectivity index (χ4v) is 2.52. The highest BCUT2D eigenvalue weighted by Crippen LogP contribution is 2.34. The van der Waals surface area contributed by atoms with E-state index in [-0.39, 0.29) is 0 Å². The fraction of sp³-hybridized carbons (Fsp3) is 0.769. The van der Waals surface area contributed by atoms with Gasteiger partial charge in [-0.15, -0.1) is 0 Å². The first kappa shape index (κ1) is 12.3. The summed E-state index contributed by atoms with van der Waals surface area (Å²) in [5, 5.41) is 0. The third kappa shape index (κ3) is 4.06. The molecule has 0 aromatic carbocycles. The van der Waals surface area contributed by atoms with Crippen molar-refractivity contribution in [3.05, 3.63) is 18.2 Å². The summed E-state index contributed by atoms with van der Waals surface area (Å²) in [5.74, 6) is 1.11. The van der Waals surface area contributed by atoms with Gasteiger partial charge in [-0.05, 0) is 24.2 Å². The number of aryl methyl sites for hydroxylation is 1. The first-order chi connectivity index (χ1) is 6.70. The summed E-state index contributed by atoms with van der Waals surface area (Å²) in [6, 6.07) is 0. The standard InChI is InChI=1S/C13H24N2/c1-11-14-7-8-15(11)10-13(5,6)9-12(2,3)4/h7-8H,9-10H2,1-6H3. The van der Waals surface area contributed by atoms with Gasteiger partial charge in [0.15, 0.2) is 0 Å². The Morgan fingerprint density at radius 1 is 1.20 bits per heavy atom. The van der Waals surface area contributed by atoms with E-state index in [1.54, 1.807) is 0 Å². The average molecular weight is 208 g/mol. The minimum atomic E-state index is 0.323. The molecule has 0 radical (unpaired) electrons. The second-order valence-corrected chi connectivity index (χ2v) is 6.50. The smallest absolute Gasteiger partial charge is 0.105 e. The van der Waals surface area contributed by atoms with Crippen molar-refractivity contribution in [2.45, 2.75) is 54.5 Å². The third-order valence-corrected chi connectivity index (χ3v) is 2.53. The number of nitrogens with zero attached hydrogens (tertiary/aromatic N) is 2. The van der Waals surface area contributed by atoms with Crippen LogP contribution in [0.3, 0.4) is 0 Å². The third-order valence-electron chi connectivity index (χ3n) is 2.53. The molecule has 0 aliphatic heterocycles. The Labute approximate surface area is 93.7 Å². The lowest BCUT2D eigenvalue weighted by molar-refractivity contribution is 0.185. The maximum atomic E-state index is 4.26. The summed E-state index contributed by atoms with van der Waals surface area (Å²) in [6.45, 7) is 14.7. The van der Waals surface area contributed by atoms with Crippen molar-refractivity contribution in [1.29, 1.82) is 0 Å². The zero-order valence-corrected chi connectivity index (χ0v) is 11.0. The monoisotopic (exact) mass is 208 g/mol. The first-order valence-corrected chi connectivity index (χ1v) is 5.67. The molecule has 0 fully saturated rings. The molecule has 0 spiro atoms. The highest BCUT2D eigenvalue weighted by Gasteiger charge is 2.26. The van der Waals surface area contributed by atoms with E-state index in [1.165, 1.54) is 6.42 Å². The Kier molecular flexibility index (Phi) is 3.27. The second kappa shape index (κ2) is 3.99. The normalized spacial score (nSPS) is 13.2. The van der Waals surface area contributed by atoms with Crippen molar-refractivity contribution in [1.82, 2.24) is 9.55 Å². The van der Waals surface area contributed by atoms with E-state index in [1.807, 2.05) is 6.20 Å². The molecule has 2 nitrogen and oxygen atoms in total. The van der Waals surface area contributed by atoms with Crippen LogP contribution in [0, 0.1) is 17.8 Å². The van der Waals surface area contributed by atoms with E-state index in [2.05, 4.69) is 57.3 Å². The van der Waals surface area contributed by atoms with Crippen molar-refractivity contribution in [2.24, 2.45) is 10.8 Å². The lowest BCUT2D eigenvalue weighted by Gasteiger charge is -2.33. The Hall–Kier alpha value is -0.790. The largest absolute Gasteiger partial charge is 0.335 e. The number of hydrogen-bond acceptors (Lipinski definition) is 1. The summed E-state index contributed by atoms with van der Waals surface area (Å²) in [4.78, 5) is 4.26. The number of rotatable bonds is 3. The van der Waals surface area contributed by atoms with Crippen LogP contribution < -0.4 is 0 Å². The summed E-state index contributed by atoms with van der Waals surface area (Å²) in [7, 11) is 0. The van der Waals surface area contributed by atoms with E-state index in [9.17, 15) is 0 Å². The molecule has 0 aliphatic rings. The minimum absolute atomic E-state index is 0.323. The zero-order chi connectivity index (χ0) is 11.7. The molecule has 86 valence electrons. The van der Waals surface area contributed by atoms with Gasteiger partial charge in [0.05, 0.1) is 0 Å². The molecule has 0 amide bonds. The van der Waals surface area contributed by atoms with Crippen LogP contribution in [0.15, 0.2) is 12.4 Å². The SMILES string of the molecule is Cc1nccn1CC(C)(C)CC(C)(C)C. The van der Waals surface area contributed by atoms with Gasteiger partial charge in [-0.2, -0.15) is 0 Å². The van der Waals surface area contributed by atoms with Crippen molar-refractivity contribution in [2.75, 3.05) is 0 Å². The quantitative estimate of drug-likeness (QED) is 0.741. The topological polar surface area (TPSA) is 17.8 Å². The molecule has 1 rings (SSSR count). The van der Waals surface area contributed by atoms with Crippen LogP contribution in [-0.2, 0) is 6.54 Å². The van der Waals surface area contributed by atoms with Gasteiger partial charge in [-0.25, -0.2) is 4.98 Å². The Morgan fingerprint density at radius 2 is 1.80 bits per heavy atom. The number of imidazole rings is 1. The highest BCUT2D eigenvalue weighted by molar-refractivity contribution is 4.91. The van der Waals surface area contributed by atoms with Crippen molar-refractivity contribution >= 4 is 0 Å². The van der Waals surface area contributed by atoms with Crippen molar-refractivity contribution < 1.29 is 0 Å². The van der Waals surface area contributed by atoms with Gasteiger partial charge in [0.1, 0.15) is 5.82 Å². The van der Waals surface area contributed by atoms with Gasteiger partial charge in [0.25, 0.3) is 0 Å². The molecule has 0 N–H and O–H groups in total.